The van der Waals surface area contributed by atoms with Crippen LogP contribution in [0.15, 0.2) is 0 Å². The van der Waals surface area contributed by atoms with E-state index < -0.39 is 5.91 Å². The number of hydrogen-bond acceptors (Lipinski definition) is 6. The van der Waals surface area contributed by atoms with Crippen LogP contribution < -0.4 is 16.4 Å². The number of nitrogens with two attached hydrogens (primary N) is 2. The molecule has 1 aromatic rings. The van der Waals surface area contributed by atoms with E-state index >= 15 is 0 Å². The summed E-state index contributed by atoms with van der Waals surface area (Å²) in [6, 6.07) is 1.95. The number of nitriles is 1. The Labute approximate surface area is 103 Å². The lowest BCUT2D eigenvalue weighted by Crippen LogP contribution is -2.24. The number of carbonyl (C=O) groups is 1. The van der Waals surface area contributed by atoms with Crippen LogP contribution in [0.5, 0.6) is 0 Å². The van der Waals surface area contributed by atoms with Gasteiger partial charge in [0, 0.05) is 20.7 Å². The van der Waals surface area contributed by atoms with Gasteiger partial charge in [0.25, 0.3) is 5.91 Å². The molecule has 0 aliphatic carbocycles. The molecule has 0 bridgehead atoms. The molecule has 0 aliphatic heterocycles. The number of amides is 1. The van der Waals surface area contributed by atoms with E-state index in [1.807, 2.05) is 6.07 Å². The van der Waals surface area contributed by atoms with Crippen LogP contribution in [0.4, 0.5) is 10.7 Å². The van der Waals surface area contributed by atoms with Gasteiger partial charge in [0.1, 0.15) is 15.9 Å². The maximum Gasteiger partial charge on any atom is 0.253 e. The summed E-state index contributed by atoms with van der Waals surface area (Å²) in [7, 11) is 3.38. The first kappa shape index (κ1) is 13.3. The van der Waals surface area contributed by atoms with Gasteiger partial charge in [-0.1, -0.05) is 0 Å². The first-order chi connectivity index (χ1) is 8.02. The highest BCUT2D eigenvalue weighted by molar-refractivity contribution is 7.17. The van der Waals surface area contributed by atoms with Gasteiger partial charge in [-0.05, 0) is 0 Å². The number of ether oxygens (including phenoxy) is 1. The zero-order chi connectivity index (χ0) is 13.0. The zero-order valence-electron chi connectivity index (χ0n) is 9.69. The van der Waals surface area contributed by atoms with Crippen molar-refractivity contribution >= 4 is 27.9 Å². The molecule has 0 spiro atoms. The SMILES string of the molecule is COCCN(C)c1sc(C#N)c(N)c1C(N)=O. The van der Waals surface area contributed by atoms with Gasteiger partial charge < -0.3 is 21.1 Å². The third kappa shape index (κ3) is 2.67. The number of nitrogen functional groups attached to an aromatic ring is 1. The fourth-order valence-corrected chi connectivity index (χ4v) is 2.36. The molecule has 1 aromatic heterocycles. The van der Waals surface area contributed by atoms with E-state index in [0.29, 0.717) is 23.0 Å². The van der Waals surface area contributed by atoms with Gasteiger partial charge in [0.2, 0.25) is 0 Å². The molecule has 92 valence electrons. The third-order valence-corrected chi connectivity index (χ3v) is 3.48. The lowest BCUT2D eigenvalue weighted by Gasteiger charge is -2.17. The summed E-state index contributed by atoms with van der Waals surface area (Å²) >= 11 is 1.16. The van der Waals surface area contributed by atoms with Crippen molar-refractivity contribution < 1.29 is 9.53 Å². The van der Waals surface area contributed by atoms with E-state index in [2.05, 4.69) is 0 Å². The minimum Gasteiger partial charge on any atom is -0.396 e. The molecule has 0 saturated heterocycles. The van der Waals surface area contributed by atoms with Gasteiger partial charge in [-0.25, -0.2) is 0 Å². The minimum atomic E-state index is -0.625. The Hall–Kier alpha value is -1.78. The maximum absolute atomic E-state index is 11.3. The molecule has 4 N–H and O–H groups in total. The van der Waals surface area contributed by atoms with Crippen LogP contribution in [0.3, 0.4) is 0 Å². The summed E-state index contributed by atoms with van der Waals surface area (Å²) in [6.45, 7) is 1.09. The molecule has 1 amide bonds. The molecule has 0 saturated carbocycles. The predicted octanol–water partition coefficient (Wildman–Crippen LogP) is 0.383. The minimum absolute atomic E-state index is 0.157. The van der Waals surface area contributed by atoms with Gasteiger partial charge in [-0.2, -0.15) is 5.26 Å². The molecule has 0 atom stereocenters. The van der Waals surface area contributed by atoms with E-state index in [4.69, 9.17) is 21.5 Å². The molecule has 0 aromatic carbocycles. The van der Waals surface area contributed by atoms with Crippen molar-refractivity contribution in [1.82, 2.24) is 0 Å². The topological polar surface area (TPSA) is 105 Å². The Bertz CT molecular complexity index is 464. The summed E-state index contributed by atoms with van der Waals surface area (Å²) in [6.07, 6.45) is 0. The molecular formula is C10H14N4O2S. The number of primary amides is 1. The summed E-state index contributed by atoms with van der Waals surface area (Å²) < 4.78 is 4.95. The largest absolute Gasteiger partial charge is 0.396 e. The number of likely N-dealkylation sites (N-methyl/N-ethyl adjacent to an activating group) is 1. The first-order valence-electron chi connectivity index (χ1n) is 4.85. The van der Waals surface area contributed by atoms with Crippen LogP contribution in [-0.2, 0) is 4.74 Å². The predicted molar refractivity (Wildman–Crippen MR) is 67.1 cm³/mol. The Morgan fingerprint density at radius 2 is 2.29 bits per heavy atom. The van der Waals surface area contributed by atoms with Crippen LogP contribution in [0.25, 0.3) is 0 Å². The Kier molecular flexibility index (Phi) is 4.31. The number of anilines is 2. The van der Waals surface area contributed by atoms with Crippen molar-refractivity contribution in [3.63, 3.8) is 0 Å². The summed E-state index contributed by atoms with van der Waals surface area (Å²) in [4.78, 5) is 13.4. The van der Waals surface area contributed by atoms with Crippen LogP contribution in [0.2, 0.25) is 0 Å². The standard InChI is InChI=1S/C10H14N4O2S/c1-14(3-4-16-2)10-7(9(13)15)8(12)6(5-11)17-10/h3-4,12H2,1-2H3,(H2,13,15). The first-order valence-corrected chi connectivity index (χ1v) is 5.66. The highest BCUT2D eigenvalue weighted by atomic mass is 32.1. The van der Waals surface area contributed by atoms with Crippen molar-refractivity contribution in [2.75, 3.05) is 37.9 Å². The van der Waals surface area contributed by atoms with E-state index in [-0.39, 0.29) is 11.3 Å². The second-order valence-corrected chi connectivity index (χ2v) is 4.41. The molecule has 0 unspecified atom stereocenters. The van der Waals surface area contributed by atoms with Crippen LogP contribution in [0.1, 0.15) is 15.2 Å². The summed E-state index contributed by atoms with van der Waals surface area (Å²) in [5.74, 6) is -0.625. The Morgan fingerprint density at radius 1 is 1.65 bits per heavy atom. The molecule has 7 heteroatoms. The van der Waals surface area contributed by atoms with Gasteiger partial charge >= 0.3 is 0 Å². The number of rotatable bonds is 5. The lowest BCUT2D eigenvalue weighted by molar-refractivity contribution is 0.100. The zero-order valence-corrected chi connectivity index (χ0v) is 10.5. The van der Waals surface area contributed by atoms with Gasteiger partial charge in [0.05, 0.1) is 17.9 Å². The number of carbonyl (C=O) groups excluding carboxylic acids is 1. The average molecular weight is 254 g/mol. The monoisotopic (exact) mass is 254 g/mol. The molecule has 0 radical (unpaired) electrons. The van der Waals surface area contributed by atoms with E-state index in [9.17, 15) is 4.79 Å². The third-order valence-electron chi connectivity index (χ3n) is 2.25. The van der Waals surface area contributed by atoms with Gasteiger partial charge in [-0.15, -0.1) is 11.3 Å². The van der Waals surface area contributed by atoms with Crippen molar-refractivity contribution in [3.05, 3.63) is 10.4 Å². The molecule has 1 rings (SSSR count). The molecular weight excluding hydrogens is 240 g/mol. The highest BCUT2D eigenvalue weighted by Gasteiger charge is 2.22. The number of thiophene rings is 1. The smallest absolute Gasteiger partial charge is 0.253 e. The van der Waals surface area contributed by atoms with E-state index in [1.54, 1.807) is 19.1 Å². The van der Waals surface area contributed by atoms with Crippen molar-refractivity contribution in [3.8, 4) is 6.07 Å². The Morgan fingerprint density at radius 3 is 2.76 bits per heavy atom. The molecule has 1 heterocycles. The quantitative estimate of drug-likeness (QED) is 0.790. The van der Waals surface area contributed by atoms with Crippen molar-refractivity contribution in [2.45, 2.75) is 0 Å². The maximum atomic E-state index is 11.3. The van der Waals surface area contributed by atoms with Gasteiger partial charge in [-0.3, -0.25) is 4.79 Å². The second-order valence-electron chi connectivity index (χ2n) is 3.42. The molecule has 6 nitrogen and oxygen atoms in total. The lowest BCUT2D eigenvalue weighted by atomic mass is 10.2. The van der Waals surface area contributed by atoms with Crippen LogP contribution >= 0.6 is 11.3 Å². The Balaban J connectivity index is 3.14. The summed E-state index contributed by atoms with van der Waals surface area (Å²) in [5.41, 5.74) is 11.4. The normalized spacial score (nSPS) is 9.94. The van der Waals surface area contributed by atoms with Crippen LogP contribution in [0, 0.1) is 11.3 Å². The molecule has 0 aliphatic rings. The molecule has 0 fully saturated rings. The number of hydrogen-bond donors (Lipinski definition) is 2. The molecule has 17 heavy (non-hydrogen) atoms. The van der Waals surface area contributed by atoms with Gasteiger partial charge in [0.15, 0.2) is 0 Å². The fraction of sp³-hybridized carbons (Fsp3) is 0.400. The van der Waals surface area contributed by atoms with Crippen LogP contribution in [-0.4, -0.2) is 33.2 Å². The second kappa shape index (κ2) is 5.52. The highest BCUT2D eigenvalue weighted by Crippen LogP contribution is 2.36. The van der Waals surface area contributed by atoms with E-state index in [1.165, 1.54) is 0 Å². The van der Waals surface area contributed by atoms with E-state index in [0.717, 1.165) is 11.3 Å². The summed E-state index contributed by atoms with van der Waals surface area (Å²) in [5, 5.41) is 9.48. The van der Waals surface area contributed by atoms with Crippen molar-refractivity contribution in [1.29, 1.82) is 5.26 Å². The fourth-order valence-electron chi connectivity index (χ4n) is 1.35. The average Bonchev–Trinajstić information content (AvgIpc) is 2.63. The van der Waals surface area contributed by atoms with Crippen molar-refractivity contribution in [2.24, 2.45) is 5.73 Å². The number of methoxy groups -OCH3 is 1. The number of nitrogens with zero attached hydrogens (tertiary/aromatic N) is 2.